The fourth-order valence-corrected chi connectivity index (χ4v) is 2.27. The van der Waals surface area contributed by atoms with Crippen LogP contribution in [-0.2, 0) is 18.2 Å². The summed E-state index contributed by atoms with van der Waals surface area (Å²) in [6.45, 7) is 3.14. The van der Waals surface area contributed by atoms with Crippen LogP contribution in [0.15, 0.2) is 30.3 Å². The van der Waals surface area contributed by atoms with Gasteiger partial charge in [0.05, 0.1) is 24.0 Å². The SMILES string of the molecule is CCc1cc(C(N)c2ccccc2OCCOC)n(C)n1. The summed E-state index contributed by atoms with van der Waals surface area (Å²) in [4.78, 5) is 0. The zero-order valence-electron chi connectivity index (χ0n) is 12.9. The van der Waals surface area contributed by atoms with Crippen molar-refractivity contribution in [3.8, 4) is 5.75 Å². The van der Waals surface area contributed by atoms with Gasteiger partial charge in [0.2, 0.25) is 0 Å². The third-order valence-electron chi connectivity index (χ3n) is 3.45. The molecule has 1 heterocycles. The molecule has 0 aliphatic rings. The number of hydrogen-bond acceptors (Lipinski definition) is 4. The van der Waals surface area contributed by atoms with E-state index >= 15 is 0 Å². The lowest BCUT2D eigenvalue weighted by Gasteiger charge is -2.17. The summed E-state index contributed by atoms with van der Waals surface area (Å²) in [5.74, 6) is 0.793. The first-order valence-corrected chi connectivity index (χ1v) is 7.16. The minimum Gasteiger partial charge on any atom is -0.491 e. The van der Waals surface area contributed by atoms with Crippen molar-refractivity contribution in [2.45, 2.75) is 19.4 Å². The van der Waals surface area contributed by atoms with Crippen molar-refractivity contribution in [3.05, 3.63) is 47.3 Å². The number of nitrogens with two attached hydrogens (primary N) is 1. The highest BCUT2D eigenvalue weighted by molar-refractivity contribution is 5.40. The molecule has 5 heteroatoms. The van der Waals surface area contributed by atoms with Crippen molar-refractivity contribution in [1.82, 2.24) is 9.78 Å². The van der Waals surface area contributed by atoms with Crippen LogP contribution in [0.2, 0.25) is 0 Å². The molecular formula is C16H23N3O2. The monoisotopic (exact) mass is 289 g/mol. The number of benzene rings is 1. The molecule has 1 aromatic carbocycles. The molecular weight excluding hydrogens is 266 g/mol. The Morgan fingerprint density at radius 1 is 1.29 bits per heavy atom. The maximum atomic E-state index is 6.42. The van der Waals surface area contributed by atoms with Gasteiger partial charge in [0.1, 0.15) is 12.4 Å². The quantitative estimate of drug-likeness (QED) is 0.793. The molecule has 0 saturated carbocycles. The number of para-hydroxylation sites is 1. The van der Waals surface area contributed by atoms with Gasteiger partial charge in [-0.2, -0.15) is 5.10 Å². The van der Waals surface area contributed by atoms with E-state index in [1.165, 1.54) is 0 Å². The van der Waals surface area contributed by atoms with E-state index in [4.69, 9.17) is 15.2 Å². The van der Waals surface area contributed by atoms with Gasteiger partial charge < -0.3 is 15.2 Å². The molecule has 0 fully saturated rings. The molecule has 0 saturated heterocycles. The molecule has 0 radical (unpaired) electrons. The van der Waals surface area contributed by atoms with Crippen LogP contribution >= 0.6 is 0 Å². The van der Waals surface area contributed by atoms with Crippen LogP contribution in [0.5, 0.6) is 5.75 Å². The van der Waals surface area contributed by atoms with Gasteiger partial charge >= 0.3 is 0 Å². The highest BCUT2D eigenvalue weighted by Gasteiger charge is 2.18. The van der Waals surface area contributed by atoms with E-state index in [2.05, 4.69) is 18.1 Å². The predicted octanol–water partition coefficient (Wildman–Crippen LogP) is 2.06. The smallest absolute Gasteiger partial charge is 0.124 e. The van der Waals surface area contributed by atoms with Gasteiger partial charge in [-0.05, 0) is 18.6 Å². The minimum absolute atomic E-state index is 0.262. The number of rotatable bonds is 7. The molecule has 1 aromatic heterocycles. The van der Waals surface area contributed by atoms with Crippen LogP contribution in [-0.4, -0.2) is 30.1 Å². The van der Waals surface area contributed by atoms with Gasteiger partial charge in [0.15, 0.2) is 0 Å². The summed E-state index contributed by atoms with van der Waals surface area (Å²) < 4.78 is 12.6. The second kappa shape index (κ2) is 7.24. The van der Waals surface area contributed by atoms with E-state index in [9.17, 15) is 0 Å². The number of aryl methyl sites for hydroxylation is 2. The Morgan fingerprint density at radius 2 is 2.05 bits per heavy atom. The summed E-state index contributed by atoms with van der Waals surface area (Å²) in [7, 11) is 3.58. The molecule has 21 heavy (non-hydrogen) atoms. The lowest BCUT2D eigenvalue weighted by molar-refractivity contribution is 0.145. The topological polar surface area (TPSA) is 62.3 Å². The summed E-state index contributed by atoms with van der Waals surface area (Å²) in [5.41, 5.74) is 9.40. The molecule has 114 valence electrons. The Labute approximate surface area is 125 Å². The second-order valence-electron chi connectivity index (χ2n) is 4.89. The van der Waals surface area contributed by atoms with Gasteiger partial charge in [0, 0.05) is 19.7 Å². The third kappa shape index (κ3) is 3.62. The molecule has 2 rings (SSSR count). The third-order valence-corrected chi connectivity index (χ3v) is 3.45. The van der Waals surface area contributed by atoms with Gasteiger partial charge in [-0.3, -0.25) is 4.68 Å². The lowest BCUT2D eigenvalue weighted by atomic mass is 10.0. The average Bonchev–Trinajstić information content (AvgIpc) is 2.88. The minimum atomic E-state index is -0.262. The molecule has 0 amide bonds. The Morgan fingerprint density at radius 3 is 2.71 bits per heavy atom. The van der Waals surface area contributed by atoms with Crippen molar-refractivity contribution in [1.29, 1.82) is 0 Å². The summed E-state index contributed by atoms with van der Waals surface area (Å²) in [6.07, 6.45) is 0.895. The van der Waals surface area contributed by atoms with E-state index < -0.39 is 0 Å². The maximum Gasteiger partial charge on any atom is 0.124 e. The summed E-state index contributed by atoms with van der Waals surface area (Å²) in [5, 5.41) is 4.46. The van der Waals surface area contributed by atoms with Gasteiger partial charge in [0.25, 0.3) is 0 Å². The molecule has 5 nitrogen and oxygen atoms in total. The highest BCUT2D eigenvalue weighted by atomic mass is 16.5. The largest absolute Gasteiger partial charge is 0.491 e. The van der Waals surface area contributed by atoms with Crippen molar-refractivity contribution < 1.29 is 9.47 Å². The van der Waals surface area contributed by atoms with Crippen LogP contribution in [0.3, 0.4) is 0 Å². The van der Waals surface area contributed by atoms with Crippen LogP contribution < -0.4 is 10.5 Å². The zero-order valence-corrected chi connectivity index (χ0v) is 12.9. The van der Waals surface area contributed by atoms with Crippen LogP contribution in [0, 0.1) is 0 Å². The van der Waals surface area contributed by atoms with Crippen molar-refractivity contribution in [2.24, 2.45) is 12.8 Å². The fourth-order valence-electron chi connectivity index (χ4n) is 2.27. The van der Waals surface area contributed by atoms with Gasteiger partial charge in [-0.25, -0.2) is 0 Å². The first-order valence-electron chi connectivity index (χ1n) is 7.16. The van der Waals surface area contributed by atoms with Crippen LogP contribution in [0.1, 0.15) is 29.9 Å². The molecule has 0 aliphatic carbocycles. The molecule has 2 N–H and O–H groups in total. The Balaban J connectivity index is 2.25. The van der Waals surface area contributed by atoms with E-state index in [1.807, 2.05) is 36.0 Å². The fraction of sp³-hybridized carbons (Fsp3) is 0.438. The molecule has 0 spiro atoms. The normalized spacial score (nSPS) is 12.4. The number of ether oxygens (including phenoxy) is 2. The standard InChI is InChI=1S/C16H23N3O2/c1-4-12-11-14(19(2)18-12)16(17)13-7-5-6-8-15(13)21-10-9-20-3/h5-8,11,16H,4,9-10,17H2,1-3H3. The van der Waals surface area contributed by atoms with E-state index in [0.29, 0.717) is 13.2 Å². The summed E-state index contributed by atoms with van der Waals surface area (Å²) in [6, 6.07) is 9.62. The Kier molecular flexibility index (Phi) is 5.36. The predicted molar refractivity (Wildman–Crippen MR) is 82.4 cm³/mol. The highest BCUT2D eigenvalue weighted by Crippen LogP contribution is 2.28. The first-order chi connectivity index (χ1) is 10.2. The van der Waals surface area contributed by atoms with Crippen molar-refractivity contribution >= 4 is 0 Å². The molecule has 1 unspecified atom stereocenters. The van der Waals surface area contributed by atoms with E-state index in [-0.39, 0.29) is 6.04 Å². The maximum absolute atomic E-state index is 6.42. The number of hydrogen-bond donors (Lipinski definition) is 1. The number of aromatic nitrogens is 2. The van der Waals surface area contributed by atoms with Gasteiger partial charge in [-0.15, -0.1) is 0 Å². The van der Waals surface area contributed by atoms with Crippen molar-refractivity contribution in [3.63, 3.8) is 0 Å². The second-order valence-corrected chi connectivity index (χ2v) is 4.89. The van der Waals surface area contributed by atoms with E-state index in [1.54, 1.807) is 7.11 Å². The van der Waals surface area contributed by atoms with Crippen molar-refractivity contribution in [2.75, 3.05) is 20.3 Å². The van der Waals surface area contributed by atoms with Crippen LogP contribution in [0.4, 0.5) is 0 Å². The Hall–Kier alpha value is -1.85. The van der Waals surface area contributed by atoms with Gasteiger partial charge in [-0.1, -0.05) is 25.1 Å². The molecule has 1 atom stereocenters. The summed E-state index contributed by atoms with van der Waals surface area (Å²) >= 11 is 0. The molecule has 0 aliphatic heterocycles. The van der Waals surface area contributed by atoms with Crippen LogP contribution in [0.25, 0.3) is 0 Å². The van der Waals surface area contributed by atoms with E-state index in [0.717, 1.165) is 29.1 Å². The zero-order chi connectivity index (χ0) is 15.2. The number of nitrogens with zero attached hydrogens (tertiary/aromatic N) is 2. The molecule has 2 aromatic rings. The average molecular weight is 289 g/mol. The lowest BCUT2D eigenvalue weighted by Crippen LogP contribution is -2.17. The Bertz CT molecular complexity index is 581. The number of methoxy groups -OCH3 is 1. The first kappa shape index (κ1) is 15.5. The molecule has 0 bridgehead atoms.